The molecule has 1 heterocycles. The van der Waals surface area contributed by atoms with Crippen LogP contribution in [-0.2, 0) is 0 Å². The van der Waals surface area contributed by atoms with Crippen molar-refractivity contribution in [3.8, 4) is 6.07 Å². The zero-order valence-electron chi connectivity index (χ0n) is 19.0. The molecule has 4 rings (SSSR count). The minimum atomic E-state index is -0.632. The normalized spacial score (nSPS) is 11.5. The Kier molecular flexibility index (Phi) is 8.00. The lowest BCUT2D eigenvalue weighted by molar-refractivity contribution is -0.383. The number of nitrogens with zero attached hydrogens (tertiary/aromatic N) is 4. The van der Waals surface area contributed by atoms with Crippen LogP contribution in [0.3, 0.4) is 0 Å². The Morgan fingerprint density at radius 2 is 1.59 bits per heavy atom. The second-order valence-corrected chi connectivity index (χ2v) is 9.52. The smallest absolute Gasteiger partial charge is 0.334 e. The van der Waals surface area contributed by atoms with Crippen LogP contribution in [0, 0.1) is 28.4 Å². The van der Waals surface area contributed by atoms with Gasteiger partial charge in [0.2, 0.25) is 11.6 Å². The van der Waals surface area contributed by atoms with Gasteiger partial charge in [0.25, 0.3) is 0 Å². The Labute approximate surface area is 231 Å². The lowest BCUT2D eigenvalue weighted by Crippen LogP contribution is -2.07. The van der Waals surface area contributed by atoms with Crippen molar-refractivity contribution in [3.63, 3.8) is 0 Å². The van der Waals surface area contributed by atoms with E-state index in [-0.39, 0.29) is 22.3 Å². The van der Waals surface area contributed by atoms with Gasteiger partial charge in [0.05, 0.1) is 27.0 Å². The number of halogens is 4. The van der Waals surface area contributed by atoms with Crippen LogP contribution >= 0.6 is 46.4 Å². The van der Waals surface area contributed by atoms with E-state index in [0.717, 1.165) is 5.56 Å². The summed E-state index contributed by atoms with van der Waals surface area (Å²) in [5.41, 5.74) is 2.57. The van der Waals surface area contributed by atoms with Crippen molar-refractivity contribution in [2.24, 2.45) is 0 Å². The monoisotopic (exact) mass is 572 g/mol. The van der Waals surface area contributed by atoms with Crippen LogP contribution in [0.4, 0.5) is 28.7 Å². The van der Waals surface area contributed by atoms with Crippen molar-refractivity contribution in [1.29, 1.82) is 5.26 Å². The average Bonchev–Trinajstić information content (AvgIpc) is 2.86. The first-order valence-corrected chi connectivity index (χ1v) is 12.1. The Bertz CT molecular complexity index is 1540. The van der Waals surface area contributed by atoms with E-state index in [1.54, 1.807) is 55.5 Å². The molecular formula is C25H16Cl4N6O2. The van der Waals surface area contributed by atoms with Gasteiger partial charge in [0, 0.05) is 21.4 Å². The van der Waals surface area contributed by atoms with Gasteiger partial charge in [-0.2, -0.15) is 5.26 Å². The van der Waals surface area contributed by atoms with E-state index in [4.69, 9.17) is 46.4 Å². The van der Waals surface area contributed by atoms with Crippen molar-refractivity contribution in [1.82, 2.24) is 9.97 Å². The molecule has 0 aliphatic carbocycles. The summed E-state index contributed by atoms with van der Waals surface area (Å²) in [5.74, 6) is -0.731. The van der Waals surface area contributed by atoms with Gasteiger partial charge < -0.3 is 10.6 Å². The fraction of sp³-hybridized carbons (Fsp3) is 0.0800. The molecule has 0 spiro atoms. The largest absolute Gasteiger partial charge is 0.353 e. The van der Waals surface area contributed by atoms with Crippen molar-refractivity contribution in [2.75, 3.05) is 10.6 Å². The van der Waals surface area contributed by atoms with Gasteiger partial charge in [-0.3, -0.25) is 10.1 Å². The second-order valence-electron chi connectivity index (χ2n) is 7.86. The number of rotatable bonds is 7. The molecule has 3 aromatic carbocycles. The summed E-state index contributed by atoms with van der Waals surface area (Å²) in [5, 5.41) is 29.2. The third-order valence-electron chi connectivity index (χ3n) is 5.43. The third kappa shape index (κ3) is 5.87. The van der Waals surface area contributed by atoms with Gasteiger partial charge in [0.1, 0.15) is 6.33 Å². The summed E-state index contributed by atoms with van der Waals surface area (Å²) in [6.07, 6.45) is 1.19. The molecular weight excluding hydrogens is 558 g/mol. The van der Waals surface area contributed by atoms with Crippen molar-refractivity contribution in [3.05, 3.63) is 108 Å². The number of nitriles is 1. The Morgan fingerprint density at radius 1 is 0.919 bits per heavy atom. The number of aromatic nitrogens is 2. The lowest BCUT2D eigenvalue weighted by atomic mass is 9.91. The average molecular weight is 574 g/mol. The molecule has 0 saturated heterocycles. The first kappa shape index (κ1) is 26.5. The maximum atomic E-state index is 12.0. The van der Waals surface area contributed by atoms with E-state index in [9.17, 15) is 15.4 Å². The molecule has 0 amide bonds. The van der Waals surface area contributed by atoms with Crippen molar-refractivity contribution < 1.29 is 4.92 Å². The summed E-state index contributed by atoms with van der Waals surface area (Å²) >= 11 is 24.6. The van der Waals surface area contributed by atoms with Gasteiger partial charge in [-0.15, -0.1) is 0 Å². The maximum Gasteiger partial charge on any atom is 0.353 e. The molecule has 1 aromatic heterocycles. The predicted octanol–water partition coefficient (Wildman–Crippen LogP) is 8.45. The van der Waals surface area contributed by atoms with Crippen LogP contribution < -0.4 is 10.6 Å². The summed E-state index contributed by atoms with van der Waals surface area (Å²) in [4.78, 5) is 19.5. The van der Waals surface area contributed by atoms with Crippen molar-refractivity contribution in [2.45, 2.75) is 12.8 Å². The molecule has 0 aliphatic rings. The van der Waals surface area contributed by atoms with Crippen LogP contribution in [0.15, 0.2) is 60.9 Å². The molecule has 8 nitrogen and oxygen atoms in total. The highest BCUT2D eigenvalue weighted by molar-refractivity contribution is 6.42. The van der Waals surface area contributed by atoms with Crippen LogP contribution in [0.5, 0.6) is 0 Å². The van der Waals surface area contributed by atoms with Crippen molar-refractivity contribution >= 4 is 75.1 Å². The first-order valence-electron chi connectivity index (χ1n) is 10.6. The number of benzene rings is 3. The van der Waals surface area contributed by atoms with Crippen LogP contribution in [0.25, 0.3) is 0 Å². The van der Waals surface area contributed by atoms with Gasteiger partial charge in [0.15, 0.2) is 0 Å². The predicted molar refractivity (Wildman–Crippen MR) is 147 cm³/mol. The fourth-order valence-electron chi connectivity index (χ4n) is 3.61. The Hall–Kier alpha value is -3.61. The van der Waals surface area contributed by atoms with Crippen LogP contribution in [0.2, 0.25) is 20.1 Å². The molecule has 37 heavy (non-hydrogen) atoms. The third-order valence-corrected chi connectivity index (χ3v) is 6.75. The topological polar surface area (TPSA) is 117 Å². The van der Waals surface area contributed by atoms with E-state index in [2.05, 4.69) is 26.7 Å². The minimum Gasteiger partial charge on any atom is -0.334 e. The minimum absolute atomic E-state index is 0.0476. The molecule has 186 valence electrons. The van der Waals surface area contributed by atoms with Gasteiger partial charge in [-0.1, -0.05) is 64.6 Å². The summed E-state index contributed by atoms with van der Waals surface area (Å²) in [6.45, 7) is 1.79. The van der Waals surface area contributed by atoms with Crippen LogP contribution in [-0.4, -0.2) is 14.9 Å². The highest BCUT2D eigenvalue weighted by Gasteiger charge is 2.25. The van der Waals surface area contributed by atoms with Gasteiger partial charge in [-0.05, 0) is 60.0 Å². The number of aryl methyl sites for hydroxylation is 1. The zero-order valence-corrected chi connectivity index (χ0v) is 22.0. The number of nitro groups is 1. The van der Waals surface area contributed by atoms with E-state index < -0.39 is 10.8 Å². The molecule has 4 aromatic rings. The maximum absolute atomic E-state index is 12.0. The first-order chi connectivity index (χ1) is 17.7. The molecule has 0 aliphatic heterocycles. The Balaban J connectivity index is 1.68. The SMILES string of the molecule is Cc1cc(C(C#N)c2ccc(Cl)cc2)c(Cl)cc1Nc1ncnc(Nc2ccc(Cl)c(Cl)c2)c1[N+](=O)[O-]. The number of nitrogens with one attached hydrogen (secondary N) is 2. The number of hydrogen-bond donors (Lipinski definition) is 2. The van der Waals surface area contributed by atoms with E-state index in [1.165, 1.54) is 12.4 Å². The second kappa shape index (κ2) is 11.2. The highest BCUT2D eigenvalue weighted by Crippen LogP contribution is 2.38. The molecule has 0 saturated carbocycles. The Morgan fingerprint density at radius 3 is 2.22 bits per heavy atom. The lowest BCUT2D eigenvalue weighted by Gasteiger charge is -2.17. The fourth-order valence-corrected chi connectivity index (χ4v) is 4.31. The molecule has 0 fully saturated rings. The van der Waals surface area contributed by atoms with E-state index >= 15 is 0 Å². The number of hydrogen-bond acceptors (Lipinski definition) is 7. The zero-order chi connectivity index (χ0) is 26.7. The molecule has 1 unspecified atom stereocenters. The van der Waals surface area contributed by atoms with Gasteiger partial charge >= 0.3 is 5.69 Å². The molecule has 1 atom stereocenters. The standard InChI is InChI=1S/C25H16Cl4N6O2/c1-13-8-17(18(11-30)14-2-4-15(26)5-3-14)20(28)10-22(13)34-25-23(35(36)37)24(31-12-32-25)33-16-6-7-19(27)21(29)9-16/h2-10,12,18H,1H3,(H2,31,32,33,34). The van der Waals surface area contributed by atoms with E-state index in [0.29, 0.717) is 37.6 Å². The van der Waals surface area contributed by atoms with Gasteiger partial charge in [-0.25, -0.2) is 9.97 Å². The summed E-state index contributed by atoms with van der Waals surface area (Å²) in [6, 6.07) is 17.3. The highest BCUT2D eigenvalue weighted by atomic mass is 35.5. The summed E-state index contributed by atoms with van der Waals surface area (Å²) in [7, 11) is 0. The quantitative estimate of drug-likeness (QED) is 0.168. The molecule has 12 heteroatoms. The molecule has 2 N–H and O–H groups in total. The number of anilines is 4. The van der Waals surface area contributed by atoms with E-state index in [1.807, 2.05) is 0 Å². The molecule has 0 radical (unpaired) electrons. The van der Waals surface area contributed by atoms with Crippen LogP contribution in [0.1, 0.15) is 22.6 Å². The summed E-state index contributed by atoms with van der Waals surface area (Å²) < 4.78 is 0. The molecule has 0 bridgehead atoms.